The zero-order valence-electron chi connectivity index (χ0n) is 8.25. The average Bonchev–Trinajstić information content (AvgIpc) is 2.14. The number of rotatable bonds is 2. The molecule has 0 aliphatic heterocycles. The summed E-state index contributed by atoms with van der Waals surface area (Å²) >= 11 is 0. The minimum atomic E-state index is -4.89. The van der Waals surface area contributed by atoms with Gasteiger partial charge in [0, 0.05) is 6.20 Å². The van der Waals surface area contributed by atoms with Gasteiger partial charge in [-0.05, 0) is 24.6 Å². The molecule has 16 heavy (non-hydrogen) atoms. The highest BCUT2D eigenvalue weighted by molar-refractivity contribution is 5.93. The number of alkyl halides is 3. The molecule has 1 rings (SSSR count). The summed E-state index contributed by atoms with van der Waals surface area (Å²) in [6, 6.07) is 2.87. The van der Waals surface area contributed by atoms with Crippen molar-refractivity contribution < 1.29 is 23.1 Å². The lowest BCUT2D eigenvalue weighted by atomic mass is 10.2. The number of pyridine rings is 1. The normalized spacial score (nSPS) is 12.6. The van der Waals surface area contributed by atoms with E-state index >= 15 is 0 Å². The molecule has 1 N–H and O–H groups in total. The van der Waals surface area contributed by atoms with Gasteiger partial charge in [0.2, 0.25) is 0 Å². The SMILES string of the molecule is Cc1ccc(C=C(C(=O)O)C(F)(F)F)nc1. The van der Waals surface area contributed by atoms with E-state index in [0.29, 0.717) is 6.08 Å². The van der Waals surface area contributed by atoms with Crippen LogP contribution in [0.2, 0.25) is 0 Å². The fraction of sp³-hybridized carbons (Fsp3) is 0.200. The number of aliphatic carboxylic acids is 1. The van der Waals surface area contributed by atoms with Crippen LogP contribution in [0.15, 0.2) is 23.9 Å². The molecule has 0 saturated carbocycles. The molecule has 0 bridgehead atoms. The molecule has 0 aliphatic rings. The van der Waals surface area contributed by atoms with Crippen molar-refractivity contribution in [2.75, 3.05) is 0 Å². The third-order valence-electron chi connectivity index (χ3n) is 1.76. The van der Waals surface area contributed by atoms with Crippen molar-refractivity contribution in [3.63, 3.8) is 0 Å². The Morgan fingerprint density at radius 2 is 2.06 bits per heavy atom. The van der Waals surface area contributed by atoms with E-state index in [1.807, 2.05) is 0 Å². The largest absolute Gasteiger partial charge is 0.478 e. The van der Waals surface area contributed by atoms with Gasteiger partial charge in [0.05, 0.1) is 5.69 Å². The number of aromatic nitrogens is 1. The topological polar surface area (TPSA) is 50.2 Å². The maximum atomic E-state index is 12.3. The predicted molar refractivity (Wildman–Crippen MR) is 50.6 cm³/mol. The third-order valence-corrected chi connectivity index (χ3v) is 1.76. The Labute approximate surface area is 89.2 Å². The van der Waals surface area contributed by atoms with Crippen LogP contribution in [0.1, 0.15) is 11.3 Å². The monoisotopic (exact) mass is 231 g/mol. The molecule has 86 valence electrons. The summed E-state index contributed by atoms with van der Waals surface area (Å²) in [4.78, 5) is 14.1. The van der Waals surface area contributed by atoms with Gasteiger partial charge in [-0.25, -0.2) is 4.79 Å². The van der Waals surface area contributed by atoms with Crippen LogP contribution in [0, 0.1) is 6.92 Å². The number of aryl methyl sites for hydroxylation is 1. The molecular weight excluding hydrogens is 223 g/mol. The van der Waals surface area contributed by atoms with Gasteiger partial charge >= 0.3 is 12.1 Å². The summed E-state index contributed by atoms with van der Waals surface area (Å²) < 4.78 is 36.8. The summed E-state index contributed by atoms with van der Waals surface area (Å²) in [6.45, 7) is 1.72. The Morgan fingerprint density at radius 1 is 1.44 bits per heavy atom. The van der Waals surface area contributed by atoms with E-state index in [-0.39, 0.29) is 5.69 Å². The average molecular weight is 231 g/mol. The molecule has 0 amide bonds. The van der Waals surface area contributed by atoms with E-state index in [0.717, 1.165) is 5.56 Å². The second-order valence-electron chi connectivity index (χ2n) is 3.12. The van der Waals surface area contributed by atoms with E-state index in [2.05, 4.69) is 4.98 Å². The molecule has 1 aromatic heterocycles. The van der Waals surface area contributed by atoms with Crippen LogP contribution in [0.5, 0.6) is 0 Å². The molecule has 1 aromatic rings. The van der Waals surface area contributed by atoms with Crippen molar-refractivity contribution in [2.24, 2.45) is 0 Å². The van der Waals surface area contributed by atoms with Gasteiger partial charge in [-0.3, -0.25) is 4.98 Å². The quantitative estimate of drug-likeness (QED) is 0.795. The van der Waals surface area contributed by atoms with Gasteiger partial charge in [0.15, 0.2) is 0 Å². The second kappa shape index (κ2) is 4.34. The Balaban J connectivity index is 3.13. The van der Waals surface area contributed by atoms with Gasteiger partial charge in [-0.1, -0.05) is 6.07 Å². The van der Waals surface area contributed by atoms with Crippen molar-refractivity contribution in [2.45, 2.75) is 13.1 Å². The first-order valence-electron chi connectivity index (χ1n) is 4.25. The molecule has 3 nitrogen and oxygen atoms in total. The molecule has 1 heterocycles. The van der Waals surface area contributed by atoms with Crippen molar-refractivity contribution in [1.82, 2.24) is 4.98 Å². The standard InChI is InChI=1S/C10H8F3NO2/c1-6-2-3-7(14-5-6)4-8(9(15)16)10(11,12)13/h2-5H,1H3,(H,15,16). The number of carboxylic acids is 1. The van der Waals surface area contributed by atoms with Gasteiger partial charge in [0.1, 0.15) is 5.57 Å². The summed E-state index contributed by atoms with van der Waals surface area (Å²) in [5.41, 5.74) is -0.898. The predicted octanol–water partition coefficient (Wildman–Crippen LogP) is 2.42. The van der Waals surface area contributed by atoms with Crippen LogP contribution < -0.4 is 0 Å². The third kappa shape index (κ3) is 3.08. The van der Waals surface area contributed by atoms with Gasteiger partial charge < -0.3 is 5.11 Å². The minimum Gasteiger partial charge on any atom is -0.478 e. The highest BCUT2D eigenvalue weighted by Gasteiger charge is 2.38. The Bertz CT molecular complexity index is 421. The van der Waals surface area contributed by atoms with Crippen LogP contribution in [0.25, 0.3) is 6.08 Å². The maximum absolute atomic E-state index is 12.3. The van der Waals surface area contributed by atoms with Crippen molar-refractivity contribution in [3.05, 3.63) is 35.2 Å². The van der Waals surface area contributed by atoms with Gasteiger partial charge in [-0.2, -0.15) is 13.2 Å². The summed E-state index contributed by atoms with van der Waals surface area (Å²) in [7, 11) is 0. The number of hydrogen-bond donors (Lipinski definition) is 1. The van der Waals surface area contributed by atoms with E-state index in [1.54, 1.807) is 13.0 Å². The van der Waals surface area contributed by atoms with Crippen LogP contribution in [0.4, 0.5) is 13.2 Å². The van der Waals surface area contributed by atoms with Crippen LogP contribution in [-0.4, -0.2) is 22.2 Å². The van der Waals surface area contributed by atoms with Crippen molar-refractivity contribution in [3.8, 4) is 0 Å². The molecule has 0 aliphatic carbocycles. The molecule has 0 atom stereocenters. The van der Waals surface area contributed by atoms with Crippen LogP contribution in [-0.2, 0) is 4.79 Å². The van der Waals surface area contributed by atoms with Gasteiger partial charge in [-0.15, -0.1) is 0 Å². The lowest BCUT2D eigenvalue weighted by Crippen LogP contribution is -2.19. The van der Waals surface area contributed by atoms with Crippen LogP contribution >= 0.6 is 0 Å². The fourth-order valence-corrected chi connectivity index (χ4v) is 0.977. The molecule has 0 radical (unpaired) electrons. The van der Waals surface area contributed by atoms with E-state index in [4.69, 9.17) is 5.11 Å². The lowest BCUT2D eigenvalue weighted by Gasteiger charge is -2.06. The highest BCUT2D eigenvalue weighted by atomic mass is 19.4. The maximum Gasteiger partial charge on any atom is 0.423 e. The van der Waals surface area contributed by atoms with E-state index < -0.39 is 17.7 Å². The number of carboxylic acid groups (broad SMARTS) is 1. The fourth-order valence-electron chi connectivity index (χ4n) is 0.977. The summed E-state index contributed by atoms with van der Waals surface area (Å²) in [6.07, 6.45) is -3.03. The molecule has 6 heteroatoms. The van der Waals surface area contributed by atoms with E-state index in [9.17, 15) is 18.0 Å². The summed E-state index contributed by atoms with van der Waals surface area (Å²) in [5, 5.41) is 8.41. The van der Waals surface area contributed by atoms with Gasteiger partial charge in [0.25, 0.3) is 0 Å². The molecule has 0 unspecified atom stereocenters. The minimum absolute atomic E-state index is 0.0414. The first-order valence-corrected chi connectivity index (χ1v) is 4.25. The highest BCUT2D eigenvalue weighted by Crippen LogP contribution is 2.27. The Morgan fingerprint density at radius 3 is 2.44 bits per heavy atom. The number of hydrogen-bond acceptors (Lipinski definition) is 2. The van der Waals surface area contributed by atoms with Crippen molar-refractivity contribution >= 4 is 12.0 Å². The molecular formula is C10H8F3NO2. The molecule has 0 aromatic carbocycles. The van der Waals surface area contributed by atoms with Crippen LogP contribution in [0.3, 0.4) is 0 Å². The van der Waals surface area contributed by atoms with Crippen molar-refractivity contribution in [1.29, 1.82) is 0 Å². The zero-order valence-corrected chi connectivity index (χ0v) is 8.25. The first kappa shape index (κ1) is 12.2. The Kier molecular flexibility index (Phi) is 3.31. The zero-order chi connectivity index (χ0) is 12.3. The van der Waals surface area contributed by atoms with E-state index in [1.165, 1.54) is 12.3 Å². The number of carbonyl (C=O) groups is 1. The lowest BCUT2D eigenvalue weighted by molar-refractivity contribution is -0.144. The molecule has 0 spiro atoms. The number of nitrogens with zero attached hydrogens (tertiary/aromatic N) is 1. The Hall–Kier alpha value is -1.85. The molecule has 0 saturated heterocycles. The number of halogens is 3. The summed E-state index contributed by atoms with van der Waals surface area (Å²) in [5.74, 6) is -2.02. The first-order chi connectivity index (χ1) is 7.30. The molecule has 0 fully saturated rings. The second-order valence-corrected chi connectivity index (χ2v) is 3.12. The smallest absolute Gasteiger partial charge is 0.423 e.